The van der Waals surface area contributed by atoms with Gasteiger partial charge in [-0.15, -0.1) is 0 Å². The van der Waals surface area contributed by atoms with Gasteiger partial charge >= 0.3 is 0 Å². The Balaban J connectivity index is 1.65. The van der Waals surface area contributed by atoms with Gasteiger partial charge in [-0.3, -0.25) is 9.59 Å². The Labute approximate surface area is 170 Å². The Bertz CT molecular complexity index is 1050. The first-order chi connectivity index (χ1) is 14.0. The van der Waals surface area contributed by atoms with Gasteiger partial charge in [0.25, 0.3) is 5.91 Å². The summed E-state index contributed by atoms with van der Waals surface area (Å²) in [4.78, 5) is 25.4. The van der Waals surface area contributed by atoms with Gasteiger partial charge in [-0.2, -0.15) is 0 Å². The molecule has 0 saturated carbocycles. The zero-order chi connectivity index (χ0) is 20.8. The van der Waals surface area contributed by atoms with E-state index >= 15 is 0 Å². The standard InChI is InChI=1S/C24H23NO4/c1-25(2)24(27)16-29-21-10-7-18(8-11-21)23(26)13-5-17-4-6-20-15-22(28-3)12-9-19(20)14-17/h4-15H,16H2,1-3H3/b13-5+. The van der Waals surface area contributed by atoms with E-state index in [1.807, 2.05) is 36.4 Å². The van der Waals surface area contributed by atoms with Gasteiger partial charge < -0.3 is 14.4 Å². The highest BCUT2D eigenvalue weighted by atomic mass is 16.5. The molecule has 1 amide bonds. The van der Waals surface area contributed by atoms with Crippen molar-refractivity contribution >= 4 is 28.5 Å². The molecule has 5 heteroatoms. The van der Waals surface area contributed by atoms with Gasteiger partial charge in [0.05, 0.1) is 7.11 Å². The third-order valence-electron chi connectivity index (χ3n) is 4.50. The molecule has 0 aliphatic rings. The molecule has 0 aromatic heterocycles. The second-order valence-corrected chi connectivity index (χ2v) is 6.77. The molecule has 5 nitrogen and oxygen atoms in total. The second-order valence-electron chi connectivity index (χ2n) is 6.77. The lowest BCUT2D eigenvalue weighted by molar-refractivity contribution is -0.130. The lowest BCUT2D eigenvalue weighted by atomic mass is 10.0. The molecule has 3 aromatic rings. The van der Waals surface area contributed by atoms with Crippen molar-refractivity contribution in [2.75, 3.05) is 27.8 Å². The molecule has 0 radical (unpaired) electrons. The van der Waals surface area contributed by atoms with Crippen LogP contribution in [0.2, 0.25) is 0 Å². The summed E-state index contributed by atoms with van der Waals surface area (Å²) in [6.45, 7) is -0.0337. The molecule has 0 N–H and O–H groups in total. The largest absolute Gasteiger partial charge is 0.497 e. The minimum atomic E-state index is -0.123. The van der Waals surface area contributed by atoms with E-state index in [-0.39, 0.29) is 18.3 Å². The summed E-state index contributed by atoms with van der Waals surface area (Å²) in [5.74, 6) is 1.14. The predicted octanol–water partition coefficient (Wildman–Crippen LogP) is 4.21. The highest BCUT2D eigenvalue weighted by Gasteiger charge is 2.06. The van der Waals surface area contributed by atoms with Crippen molar-refractivity contribution in [2.24, 2.45) is 0 Å². The van der Waals surface area contributed by atoms with Gasteiger partial charge in [0.2, 0.25) is 0 Å². The summed E-state index contributed by atoms with van der Waals surface area (Å²) in [6, 6.07) is 18.6. The van der Waals surface area contributed by atoms with Crippen molar-refractivity contribution in [3.05, 3.63) is 77.9 Å². The molecule has 148 valence electrons. The Morgan fingerprint density at radius 2 is 1.55 bits per heavy atom. The number of likely N-dealkylation sites (N-methyl/N-ethyl adjacent to an activating group) is 1. The topological polar surface area (TPSA) is 55.8 Å². The summed E-state index contributed by atoms with van der Waals surface area (Å²) in [6.07, 6.45) is 3.35. The van der Waals surface area contributed by atoms with Crippen LogP contribution in [0.3, 0.4) is 0 Å². The maximum Gasteiger partial charge on any atom is 0.259 e. The number of hydrogen-bond donors (Lipinski definition) is 0. The number of methoxy groups -OCH3 is 1. The third kappa shape index (κ3) is 5.23. The number of carbonyl (C=O) groups excluding carboxylic acids is 2. The van der Waals surface area contributed by atoms with Gasteiger partial charge in [0, 0.05) is 19.7 Å². The van der Waals surface area contributed by atoms with E-state index in [1.165, 1.54) is 4.90 Å². The number of fused-ring (bicyclic) bond motifs is 1. The van der Waals surface area contributed by atoms with E-state index in [1.54, 1.807) is 57.6 Å². The predicted molar refractivity (Wildman–Crippen MR) is 114 cm³/mol. The van der Waals surface area contributed by atoms with Gasteiger partial charge in [0.1, 0.15) is 11.5 Å². The Hall–Kier alpha value is -3.60. The zero-order valence-electron chi connectivity index (χ0n) is 16.7. The first-order valence-corrected chi connectivity index (χ1v) is 9.19. The second kappa shape index (κ2) is 9.06. The molecule has 0 unspecified atom stereocenters. The van der Waals surface area contributed by atoms with Crippen molar-refractivity contribution in [3.63, 3.8) is 0 Å². The average molecular weight is 389 g/mol. The zero-order valence-corrected chi connectivity index (χ0v) is 16.7. The summed E-state index contributed by atoms with van der Waals surface area (Å²) in [5, 5.41) is 2.16. The fraction of sp³-hybridized carbons (Fsp3) is 0.167. The Morgan fingerprint density at radius 1 is 0.897 bits per heavy atom. The van der Waals surface area contributed by atoms with Crippen LogP contribution in [0.1, 0.15) is 15.9 Å². The smallest absolute Gasteiger partial charge is 0.259 e. The van der Waals surface area contributed by atoms with Gasteiger partial charge in [0.15, 0.2) is 12.4 Å². The molecule has 0 aliphatic carbocycles. The normalized spacial score (nSPS) is 10.9. The molecule has 3 aromatic carbocycles. The first kappa shape index (κ1) is 20.1. The van der Waals surface area contributed by atoms with Gasteiger partial charge in [-0.25, -0.2) is 0 Å². The van der Waals surface area contributed by atoms with Crippen LogP contribution in [0, 0.1) is 0 Å². The van der Waals surface area contributed by atoms with Crippen molar-refractivity contribution in [3.8, 4) is 11.5 Å². The minimum absolute atomic E-state index is 0.0337. The SMILES string of the molecule is COc1ccc2cc(/C=C/C(=O)c3ccc(OCC(=O)N(C)C)cc3)ccc2c1. The van der Waals surface area contributed by atoms with Crippen molar-refractivity contribution in [2.45, 2.75) is 0 Å². The fourth-order valence-corrected chi connectivity index (χ4v) is 2.73. The quantitative estimate of drug-likeness (QED) is 0.449. The van der Waals surface area contributed by atoms with Crippen LogP contribution in [0.4, 0.5) is 0 Å². The van der Waals surface area contributed by atoms with Crippen LogP contribution in [-0.4, -0.2) is 44.4 Å². The molecule has 0 atom stereocenters. The van der Waals surface area contributed by atoms with E-state index in [0.717, 1.165) is 22.1 Å². The Kier molecular flexibility index (Phi) is 6.29. The number of ketones is 1. The highest BCUT2D eigenvalue weighted by molar-refractivity contribution is 6.07. The molecule has 0 bridgehead atoms. The molecule has 0 aliphatic heterocycles. The number of benzene rings is 3. The molecule has 29 heavy (non-hydrogen) atoms. The van der Waals surface area contributed by atoms with Crippen LogP contribution in [-0.2, 0) is 4.79 Å². The highest BCUT2D eigenvalue weighted by Crippen LogP contribution is 2.22. The van der Waals surface area contributed by atoms with Crippen molar-refractivity contribution < 1.29 is 19.1 Å². The maximum atomic E-state index is 12.4. The van der Waals surface area contributed by atoms with Crippen molar-refractivity contribution in [1.82, 2.24) is 4.90 Å². The minimum Gasteiger partial charge on any atom is -0.497 e. The number of amides is 1. The number of carbonyl (C=O) groups is 2. The van der Waals surface area contributed by atoms with E-state index < -0.39 is 0 Å². The number of rotatable bonds is 7. The van der Waals surface area contributed by atoms with E-state index in [0.29, 0.717) is 11.3 Å². The van der Waals surface area contributed by atoms with Crippen LogP contribution < -0.4 is 9.47 Å². The average Bonchev–Trinajstić information content (AvgIpc) is 2.75. The molecule has 0 heterocycles. The van der Waals surface area contributed by atoms with Crippen LogP contribution >= 0.6 is 0 Å². The fourth-order valence-electron chi connectivity index (χ4n) is 2.73. The van der Waals surface area contributed by atoms with E-state index in [2.05, 4.69) is 0 Å². The lowest BCUT2D eigenvalue weighted by Crippen LogP contribution is -2.27. The molecule has 3 rings (SSSR count). The third-order valence-corrected chi connectivity index (χ3v) is 4.50. The van der Waals surface area contributed by atoms with Crippen LogP contribution in [0.5, 0.6) is 11.5 Å². The summed E-state index contributed by atoms with van der Waals surface area (Å²) < 4.78 is 10.7. The Morgan fingerprint density at radius 3 is 2.24 bits per heavy atom. The van der Waals surface area contributed by atoms with E-state index in [9.17, 15) is 9.59 Å². The summed E-state index contributed by atoms with van der Waals surface area (Å²) in [7, 11) is 4.99. The van der Waals surface area contributed by atoms with Crippen LogP contribution in [0.15, 0.2) is 66.7 Å². The van der Waals surface area contributed by atoms with Crippen molar-refractivity contribution in [1.29, 1.82) is 0 Å². The molecular formula is C24H23NO4. The number of allylic oxidation sites excluding steroid dienone is 1. The van der Waals surface area contributed by atoms with Gasteiger partial charge in [-0.1, -0.05) is 24.3 Å². The molecule has 0 spiro atoms. The van der Waals surface area contributed by atoms with E-state index in [4.69, 9.17) is 9.47 Å². The number of ether oxygens (including phenoxy) is 2. The lowest BCUT2D eigenvalue weighted by Gasteiger charge is -2.11. The van der Waals surface area contributed by atoms with Crippen LogP contribution in [0.25, 0.3) is 16.8 Å². The molecule has 0 saturated heterocycles. The molecule has 0 fully saturated rings. The molecular weight excluding hydrogens is 366 g/mol. The summed E-state index contributed by atoms with van der Waals surface area (Å²) in [5.41, 5.74) is 1.50. The number of nitrogens with zero attached hydrogens (tertiary/aromatic N) is 1. The maximum absolute atomic E-state index is 12.4. The van der Waals surface area contributed by atoms with Gasteiger partial charge in [-0.05, 0) is 64.9 Å². The monoisotopic (exact) mass is 389 g/mol. The number of hydrogen-bond acceptors (Lipinski definition) is 4. The summed E-state index contributed by atoms with van der Waals surface area (Å²) >= 11 is 0. The first-order valence-electron chi connectivity index (χ1n) is 9.19.